The zero-order valence-corrected chi connectivity index (χ0v) is 16.8. The number of para-hydroxylation sites is 1. The summed E-state index contributed by atoms with van der Waals surface area (Å²) in [4.78, 5) is 19.4. The maximum atomic E-state index is 13.7. The van der Waals surface area contributed by atoms with Gasteiger partial charge in [-0.3, -0.25) is 9.78 Å². The third kappa shape index (κ3) is 3.82. The standard InChI is InChI=1S/C25H25FN2O2/c26-20-12-10-19(11-13-20)25(30-16-17-8-9-17)24(28-15-3-7-22(28)29)21-6-1-4-18-5-2-14-27-23(18)21/h1-2,4-6,10-14,17,24-25H,3,7-9,15-16H2/t24-,25+/m1/s1. The minimum absolute atomic E-state index is 0.134. The lowest BCUT2D eigenvalue weighted by Gasteiger charge is -2.35. The largest absolute Gasteiger partial charge is 0.371 e. The van der Waals surface area contributed by atoms with Gasteiger partial charge in [0.1, 0.15) is 11.9 Å². The minimum Gasteiger partial charge on any atom is -0.371 e. The van der Waals surface area contributed by atoms with E-state index in [9.17, 15) is 9.18 Å². The highest BCUT2D eigenvalue weighted by atomic mass is 19.1. The number of fused-ring (bicyclic) bond motifs is 1. The molecule has 154 valence electrons. The number of benzene rings is 2. The molecule has 5 heteroatoms. The molecule has 2 aliphatic rings. The Bertz CT molecular complexity index is 1040. The van der Waals surface area contributed by atoms with Gasteiger partial charge in [0.25, 0.3) is 0 Å². The molecule has 1 saturated carbocycles. The number of aromatic nitrogens is 1. The molecular formula is C25H25FN2O2. The first-order chi connectivity index (χ1) is 14.7. The van der Waals surface area contributed by atoms with E-state index >= 15 is 0 Å². The van der Waals surface area contributed by atoms with Crippen molar-refractivity contribution in [1.82, 2.24) is 9.88 Å². The van der Waals surface area contributed by atoms with Crippen molar-refractivity contribution >= 4 is 16.8 Å². The molecule has 2 fully saturated rings. The van der Waals surface area contributed by atoms with Crippen molar-refractivity contribution in [1.29, 1.82) is 0 Å². The number of hydrogen-bond donors (Lipinski definition) is 0. The van der Waals surface area contributed by atoms with E-state index in [2.05, 4.69) is 4.98 Å². The second-order valence-corrected chi connectivity index (χ2v) is 8.31. The van der Waals surface area contributed by atoms with Crippen LogP contribution in [-0.4, -0.2) is 28.9 Å². The van der Waals surface area contributed by atoms with Gasteiger partial charge in [0.2, 0.25) is 5.91 Å². The number of likely N-dealkylation sites (tertiary alicyclic amines) is 1. The van der Waals surface area contributed by atoms with Crippen molar-refractivity contribution in [3.05, 3.63) is 77.7 Å². The Kier molecular flexibility index (Phi) is 5.21. The highest BCUT2D eigenvalue weighted by molar-refractivity contribution is 5.84. The lowest BCUT2D eigenvalue weighted by atomic mass is 9.92. The van der Waals surface area contributed by atoms with Gasteiger partial charge in [-0.05, 0) is 48.9 Å². The van der Waals surface area contributed by atoms with Crippen molar-refractivity contribution in [3.63, 3.8) is 0 Å². The number of carbonyl (C=O) groups is 1. The number of rotatable bonds is 7. The summed E-state index contributed by atoms with van der Waals surface area (Å²) in [5.74, 6) is 0.434. The first-order valence-electron chi connectivity index (χ1n) is 10.7. The normalized spacial score (nSPS) is 18.7. The SMILES string of the molecule is O=C1CCCN1[C@H](c1cccc2cccnc12)[C@@H](OCC1CC1)c1ccc(F)cc1. The maximum Gasteiger partial charge on any atom is 0.223 e. The van der Waals surface area contributed by atoms with E-state index in [1.54, 1.807) is 18.3 Å². The third-order valence-corrected chi connectivity index (χ3v) is 6.12. The van der Waals surface area contributed by atoms with E-state index in [0.717, 1.165) is 28.5 Å². The van der Waals surface area contributed by atoms with E-state index < -0.39 is 0 Å². The number of halogens is 1. The number of amides is 1. The van der Waals surface area contributed by atoms with Crippen LogP contribution < -0.4 is 0 Å². The van der Waals surface area contributed by atoms with Crippen LogP contribution in [0.2, 0.25) is 0 Å². The number of carbonyl (C=O) groups excluding carboxylic acids is 1. The fourth-order valence-electron chi connectivity index (χ4n) is 4.37. The van der Waals surface area contributed by atoms with E-state index in [1.807, 2.05) is 35.2 Å². The van der Waals surface area contributed by atoms with Crippen molar-refractivity contribution in [2.75, 3.05) is 13.2 Å². The summed E-state index contributed by atoms with van der Waals surface area (Å²) >= 11 is 0. The first kappa shape index (κ1) is 19.2. The zero-order chi connectivity index (χ0) is 20.5. The van der Waals surface area contributed by atoms with Gasteiger partial charge in [-0.25, -0.2) is 4.39 Å². The maximum absolute atomic E-state index is 13.7. The van der Waals surface area contributed by atoms with Gasteiger partial charge in [-0.2, -0.15) is 0 Å². The van der Waals surface area contributed by atoms with Crippen LogP contribution in [0.4, 0.5) is 4.39 Å². The lowest BCUT2D eigenvalue weighted by Crippen LogP contribution is -2.35. The fraction of sp³-hybridized carbons (Fsp3) is 0.360. The van der Waals surface area contributed by atoms with Crippen LogP contribution in [0.3, 0.4) is 0 Å². The zero-order valence-electron chi connectivity index (χ0n) is 16.8. The predicted molar refractivity (Wildman–Crippen MR) is 113 cm³/mol. The second-order valence-electron chi connectivity index (χ2n) is 8.31. The van der Waals surface area contributed by atoms with Crippen molar-refractivity contribution in [2.24, 2.45) is 5.92 Å². The summed E-state index contributed by atoms with van der Waals surface area (Å²) in [6, 6.07) is 16.2. The summed E-state index contributed by atoms with van der Waals surface area (Å²) in [5.41, 5.74) is 2.75. The van der Waals surface area contributed by atoms with Crippen molar-refractivity contribution in [2.45, 2.75) is 37.8 Å². The smallest absolute Gasteiger partial charge is 0.223 e. The number of pyridine rings is 1. The summed E-state index contributed by atoms with van der Waals surface area (Å²) in [7, 11) is 0. The first-order valence-corrected chi connectivity index (χ1v) is 10.7. The number of ether oxygens (including phenoxy) is 1. The van der Waals surface area contributed by atoms with Gasteiger partial charge in [0.15, 0.2) is 0 Å². The van der Waals surface area contributed by atoms with Gasteiger partial charge in [-0.1, -0.05) is 36.4 Å². The average molecular weight is 404 g/mol. The molecule has 2 aromatic carbocycles. The Morgan fingerprint density at radius 1 is 1.10 bits per heavy atom. The predicted octanol–water partition coefficient (Wildman–Crippen LogP) is 5.21. The molecule has 4 nitrogen and oxygen atoms in total. The van der Waals surface area contributed by atoms with E-state index in [0.29, 0.717) is 25.5 Å². The van der Waals surface area contributed by atoms with Crippen LogP contribution in [-0.2, 0) is 9.53 Å². The molecule has 0 spiro atoms. The van der Waals surface area contributed by atoms with Gasteiger partial charge >= 0.3 is 0 Å². The molecule has 1 aliphatic carbocycles. The lowest BCUT2D eigenvalue weighted by molar-refractivity contribution is -0.133. The Balaban J connectivity index is 1.64. The van der Waals surface area contributed by atoms with Crippen LogP contribution >= 0.6 is 0 Å². The Labute approximate surface area is 175 Å². The summed E-state index contributed by atoms with van der Waals surface area (Å²) in [6.07, 6.45) is 5.16. The van der Waals surface area contributed by atoms with Crippen LogP contribution in [0.15, 0.2) is 60.8 Å². The number of nitrogens with zero attached hydrogens (tertiary/aromatic N) is 2. The van der Waals surface area contributed by atoms with E-state index in [-0.39, 0.29) is 23.9 Å². The molecule has 0 bridgehead atoms. The Morgan fingerprint density at radius 2 is 1.90 bits per heavy atom. The van der Waals surface area contributed by atoms with Crippen LogP contribution in [0.5, 0.6) is 0 Å². The average Bonchev–Trinajstić information content (AvgIpc) is 3.51. The Hall–Kier alpha value is -2.79. The van der Waals surface area contributed by atoms with E-state index in [1.165, 1.54) is 25.0 Å². The molecule has 1 aromatic heterocycles. The van der Waals surface area contributed by atoms with E-state index in [4.69, 9.17) is 4.74 Å². The van der Waals surface area contributed by atoms with Crippen molar-refractivity contribution in [3.8, 4) is 0 Å². The molecule has 2 atom stereocenters. The quantitative estimate of drug-likeness (QED) is 0.543. The Morgan fingerprint density at radius 3 is 2.63 bits per heavy atom. The van der Waals surface area contributed by atoms with Gasteiger partial charge < -0.3 is 9.64 Å². The molecular weight excluding hydrogens is 379 g/mol. The number of hydrogen-bond acceptors (Lipinski definition) is 3. The molecule has 3 aromatic rings. The monoisotopic (exact) mass is 404 g/mol. The van der Waals surface area contributed by atoms with Gasteiger partial charge in [-0.15, -0.1) is 0 Å². The summed E-state index contributed by atoms with van der Waals surface area (Å²) in [6.45, 7) is 1.34. The topological polar surface area (TPSA) is 42.4 Å². The fourth-order valence-corrected chi connectivity index (χ4v) is 4.37. The highest BCUT2D eigenvalue weighted by Gasteiger charge is 2.38. The third-order valence-electron chi connectivity index (χ3n) is 6.12. The summed E-state index contributed by atoms with van der Waals surface area (Å²) in [5, 5.41) is 1.03. The van der Waals surface area contributed by atoms with Crippen molar-refractivity contribution < 1.29 is 13.9 Å². The van der Waals surface area contributed by atoms with Crippen LogP contribution in [0, 0.1) is 11.7 Å². The molecule has 5 rings (SSSR count). The van der Waals surface area contributed by atoms with Crippen LogP contribution in [0.1, 0.15) is 49.0 Å². The molecule has 30 heavy (non-hydrogen) atoms. The molecule has 0 N–H and O–H groups in total. The molecule has 1 amide bonds. The van der Waals surface area contributed by atoms with Gasteiger partial charge in [0, 0.05) is 30.1 Å². The second kappa shape index (κ2) is 8.15. The molecule has 1 aliphatic heterocycles. The van der Waals surface area contributed by atoms with Gasteiger partial charge in [0.05, 0.1) is 18.2 Å². The highest BCUT2D eigenvalue weighted by Crippen LogP contribution is 2.42. The molecule has 0 unspecified atom stereocenters. The van der Waals surface area contributed by atoms with Crippen LogP contribution in [0.25, 0.3) is 10.9 Å². The minimum atomic E-state index is -0.374. The molecule has 1 saturated heterocycles. The molecule has 0 radical (unpaired) electrons. The summed E-state index contributed by atoms with van der Waals surface area (Å²) < 4.78 is 20.1. The molecule has 2 heterocycles.